The number of carbonyl (C=O) groups is 2. The highest BCUT2D eigenvalue weighted by Gasteiger charge is 2.17. The van der Waals surface area contributed by atoms with Crippen LogP contribution in [0.2, 0.25) is 0 Å². The first-order valence-electron chi connectivity index (χ1n) is 10.5. The van der Waals surface area contributed by atoms with Gasteiger partial charge in [-0.1, -0.05) is 18.2 Å². The molecule has 2 aromatic heterocycles. The number of ether oxygens (including phenoxy) is 1. The molecule has 0 unspecified atom stereocenters. The minimum Gasteiger partial charge on any atom is -0.497 e. The van der Waals surface area contributed by atoms with E-state index in [0.29, 0.717) is 28.3 Å². The molecule has 2 heterocycles. The van der Waals surface area contributed by atoms with Crippen LogP contribution in [0.4, 0.5) is 5.69 Å². The normalized spacial score (nSPS) is 11.5. The maximum Gasteiger partial charge on any atom is 0.272 e. The lowest BCUT2D eigenvalue weighted by molar-refractivity contribution is -0.113. The van der Waals surface area contributed by atoms with Gasteiger partial charge in [0.15, 0.2) is 0 Å². The highest BCUT2D eigenvalue weighted by molar-refractivity contribution is 6.12. The van der Waals surface area contributed by atoms with E-state index >= 15 is 0 Å². The molecule has 0 atom stereocenters. The first kappa shape index (κ1) is 21.1. The maximum absolute atomic E-state index is 13.1. The van der Waals surface area contributed by atoms with E-state index in [1.165, 1.54) is 12.3 Å². The first-order chi connectivity index (χ1) is 16.6. The van der Waals surface area contributed by atoms with Gasteiger partial charge in [-0.25, -0.2) is 0 Å². The molecule has 34 heavy (non-hydrogen) atoms. The summed E-state index contributed by atoms with van der Waals surface area (Å²) in [6.07, 6.45) is 2.96. The van der Waals surface area contributed by atoms with Crippen molar-refractivity contribution in [3.63, 3.8) is 0 Å². The van der Waals surface area contributed by atoms with Crippen LogP contribution in [-0.2, 0) is 4.79 Å². The Kier molecular flexibility index (Phi) is 5.58. The number of hydrogen-bond donors (Lipinski definition) is 2. The van der Waals surface area contributed by atoms with Gasteiger partial charge in [0.1, 0.15) is 28.4 Å². The summed E-state index contributed by atoms with van der Waals surface area (Å²) in [6.45, 7) is 0. The Morgan fingerprint density at radius 1 is 0.882 bits per heavy atom. The zero-order valence-corrected chi connectivity index (χ0v) is 18.2. The third kappa shape index (κ3) is 4.27. The minimum absolute atomic E-state index is 0.0282. The second kappa shape index (κ2) is 8.99. The number of carbonyl (C=O) groups excluding carboxylic acids is 2. The summed E-state index contributed by atoms with van der Waals surface area (Å²) in [4.78, 5) is 25.9. The maximum atomic E-state index is 13.1. The molecule has 7 nitrogen and oxygen atoms in total. The second-order valence-electron chi connectivity index (χ2n) is 7.52. The van der Waals surface area contributed by atoms with Crippen molar-refractivity contribution in [1.29, 1.82) is 0 Å². The van der Waals surface area contributed by atoms with Gasteiger partial charge in [-0.2, -0.15) is 0 Å². The number of fused-ring (bicyclic) bond motifs is 3. The topological polar surface area (TPSA) is 93.7 Å². The van der Waals surface area contributed by atoms with Gasteiger partial charge in [-0.15, -0.1) is 0 Å². The van der Waals surface area contributed by atoms with E-state index in [4.69, 9.17) is 13.6 Å². The number of methoxy groups -OCH3 is 1. The Morgan fingerprint density at radius 2 is 1.68 bits per heavy atom. The van der Waals surface area contributed by atoms with Crippen LogP contribution in [0.3, 0.4) is 0 Å². The van der Waals surface area contributed by atoms with Gasteiger partial charge in [0.05, 0.1) is 13.4 Å². The zero-order valence-electron chi connectivity index (χ0n) is 18.2. The summed E-state index contributed by atoms with van der Waals surface area (Å²) < 4.78 is 16.4. The Labute approximate surface area is 194 Å². The van der Waals surface area contributed by atoms with E-state index in [9.17, 15) is 9.59 Å². The molecule has 2 amide bonds. The van der Waals surface area contributed by atoms with E-state index in [0.717, 1.165) is 16.4 Å². The highest BCUT2D eigenvalue weighted by atomic mass is 16.5. The van der Waals surface area contributed by atoms with Crippen LogP contribution in [0.25, 0.3) is 28.0 Å². The number of nitrogens with one attached hydrogen (secondary N) is 2. The van der Waals surface area contributed by atoms with Crippen molar-refractivity contribution in [2.75, 3.05) is 12.4 Å². The minimum atomic E-state index is -0.506. The summed E-state index contributed by atoms with van der Waals surface area (Å²) >= 11 is 0. The zero-order chi connectivity index (χ0) is 23.5. The smallest absolute Gasteiger partial charge is 0.272 e. The summed E-state index contributed by atoms with van der Waals surface area (Å²) in [5, 5.41) is 7.45. The lowest BCUT2D eigenvalue weighted by Crippen LogP contribution is -2.30. The van der Waals surface area contributed by atoms with E-state index in [2.05, 4.69) is 10.6 Å². The average molecular weight is 452 g/mol. The predicted octanol–water partition coefficient (Wildman–Crippen LogP) is 5.60. The molecule has 5 aromatic rings. The summed E-state index contributed by atoms with van der Waals surface area (Å²) in [6, 6.07) is 23.1. The van der Waals surface area contributed by atoms with Gasteiger partial charge in [0.2, 0.25) is 0 Å². The molecule has 0 aliphatic rings. The van der Waals surface area contributed by atoms with E-state index < -0.39 is 11.8 Å². The van der Waals surface area contributed by atoms with Crippen molar-refractivity contribution in [3.05, 3.63) is 102 Å². The average Bonchev–Trinajstić information content (AvgIpc) is 3.50. The van der Waals surface area contributed by atoms with Crippen LogP contribution in [0.15, 0.2) is 99.7 Å². The fourth-order valence-corrected chi connectivity index (χ4v) is 3.61. The van der Waals surface area contributed by atoms with Crippen molar-refractivity contribution in [2.45, 2.75) is 0 Å². The van der Waals surface area contributed by atoms with Crippen molar-refractivity contribution in [2.24, 2.45) is 0 Å². The fourth-order valence-electron chi connectivity index (χ4n) is 3.61. The van der Waals surface area contributed by atoms with Gasteiger partial charge < -0.3 is 24.2 Å². The third-order valence-electron chi connectivity index (χ3n) is 5.31. The molecule has 0 saturated heterocycles. The van der Waals surface area contributed by atoms with E-state index in [1.54, 1.807) is 55.6 Å². The van der Waals surface area contributed by atoms with Gasteiger partial charge in [0.25, 0.3) is 11.8 Å². The first-order valence-corrected chi connectivity index (χ1v) is 10.5. The molecule has 0 fully saturated rings. The lowest BCUT2D eigenvalue weighted by atomic mass is 10.1. The van der Waals surface area contributed by atoms with Gasteiger partial charge in [0, 0.05) is 34.2 Å². The van der Waals surface area contributed by atoms with Crippen molar-refractivity contribution in [1.82, 2.24) is 5.32 Å². The number of benzene rings is 3. The third-order valence-corrected chi connectivity index (χ3v) is 5.31. The SMILES string of the molecule is COc1ccc(C(=O)N/C(=C\c2ccco2)C(=O)Nc2ccc3c(c2)oc2ccccc23)cc1. The Hall–Kier alpha value is -4.78. The monoisotopic (exact) mass is 452 g/mol. The van der Waals surface area contributed by atoms with Crippen LogP contribution >= 0.6 is 0 Å². The lowest BCUT2D eigenvalue weighted by Gasteiger charge is -2.11. The van der Waals surface area contributed by atoms with Crippen LogP contribution in [0.5, 0.6) is 5.75 Å². The molecule has 7 heteroatoms. The predicted molar refractivity (Wildman–Crippen MR) is 129 cm³/mol. The number of amides is 2. The van der Waals surface area contributed by atoms with Gasteiger partial charge in [-0.3, -0.25) is 9.59 Å². The molecule has 0 bridgehead atoms. The molecule has 3 aromatic carbocycles. The number of anilines is 1. The van der Waals surface area contributed by atoms with Crippen LogP contribution < -0.4 is 15.4 Å². The molecular weight excluding hydrogens is 432 g/mol. The number of hydrogen-bond acceptors (Lipinski definition) is 5. The Bertz CT molecular complexity index is 1510. The van der Waals surface area contributed by atoms with Crippen LogP contribution in [0, 0.1) is 0 Å². The number of rotatable bonds is 6. The molecule has 0 aliphatic heterocycles. The highest BCUT2D eigenvalue weighted by Crippen LogP contribution is 2.30. The molecule has 168 valence electrons. The second-order valence-corrected chi connectivity index (χ2v) is 7.52. The van der Waals surface area contributed by atoms with E-state index in [1.807, 2.05) is 30.3 Å². The number of furan rings is 2. The van der Waals surface area contributed by atoms with Crippen LogP contribution in [0.1, 0.15) is 16.1 Å². The summed E-state index contributed by atoms with van der Waals surface area (Å²) in [5.74, 6) is 0.103. The molecule has 0 spiro atoms. The molecule has 0 radical (unpaired) electrons. The summed E-state index contributed by atoms with van der Waals surface area (Å²) in [7, 11) is 1.55. The quantitative estimate of drug-likeness (QED) is 0.327. The fraction of sp³-hybridized carbons (Fsp3) is 0.0370. The van der Waals surface area contributed by atoms with Crippen molar-refractivity contribution < 1.29 is 23.2 Å². The molecule has 0 saturated carbocycles. The molecular formula is C27H20N2O5. The molecule has 2 N–H and O–H groups in total. The molecule has 5 rings (SSSR count). The number of para-hydroxylation sites is 1. The van der Waals surface area contributed by atoms with Crippen LogP contribution in [-0.4, -0.2) is 18.9 Å². The Balaban J connectivity index is 1.41. The van der Waals surface area contributed by atoms with Gasteiger partial charge >= 0.3 is 0 Å². The van der Waals surface area contributed by atoms with Crippen molar-refractivity contribution >= 4 is 45.5 Å². The van der Waals surface area contributed by atoms with Crippen molar-refractivity contribution in [3.8, 4) is 5.75 Å². The Morgan fingerprint density at radius 3 is 2.44 bits per heavy atom. The molecule has 0 aliphatic carbocycles. The van der Waals surface area contributed by atoms with Gasteiger partial charge in [-0.05, 0) is 54.6 Å². The van der Waals surface area contributed by atoms with E-state index in [-0.39, 0.29) is 5.70 Å². The standard InChI is InChI=1S/C27H20N2O5/c1-32-19-11-8-17(9-12-19)26(30)29-23(16-20-5-4-14-33-20)27(31)28-18-10-13-22-21-6-2-3-7-24(21)34-25(22)15-18/h2-16H,1H3,(H,28,31)(H,29,30)/b23-16-. The summed E-state index contributed by atoms with van der Waals surface area (Å²) in [5.41, 5.74) is 2.35. The largest absolute Gasteiger partial charge is 0.497 e.